The number of hydrogen-bond acceptors (Lipinski definition) is 4. The lowest BCUT2D eigenvalue weighted by Crippen LogP contribution is -2.42. The SMILES string of the molecule is CCOC(=O)[C@@](C)(CC)Oc1ccc(OCc2ccccc2)cc1. The largest absolute Gasteiger partial charge is 0.489 e. The lowest BCUT2D eigenvalue weighted by Gasteiger charge is -2.27. The highest BCUT2D eigenvalue weighted by Crippen LogP contribution is 2.25. The third kappa shape index (κ3) is 4.75. The fourth-order valence-electron chi connectivity index (χ4n) is 2.15. The minimum absolute atomic E-state index is 0.337. The van der Waals surface area contributed by atoms with E-state index in [1.165, 1.54) is 0 Å². The van der Waals surface area contributed by atoms with Crippen molar-refractivity contribution >= 4 is 5.97 Å². The fraction of sp³-hybridized carbons (Fsp3) is 0.350. The molecule has 0 unspecified atom stereocenters. The molecule has 0 fully saturated rings. The second kappa shape index (κ2) is 8.39. The van der Waals surface area contributed by atoms with Crippen molar-refractivity contribution in [1.29, 1.82) is 0 Å². The van der Waals surface area contributed by atoms with E-state index in [4.69, 9.17) is 14.2 Å². The monoisotopic (exact) mass is 328 g/mol. The van der Waals surface area contributed by atoms with Gasteiger partial charge in [0.1, 0.15) is 18.1 Å². The van der Waals surface area contributed by atoms with Gasteiger partial charge in [-0.05, 0) is 50.1 Å². The fourth-order valence-corrected chi connectivity index (χ4v) is 2.15. The highest BCUT2D eigenvalue weighted by atomic mass is 16.6. The summed E-state index contributed by atoms with van der Waals surface area (Å²) in [6.07, 6.45) is 0.526. The van der Waals surface area contributed by atoms with Crippen molar-refractivity contribution in [2.75, 3.05) is 6.61 Å². The van der Waals surface area contributed by atoms with E-state index in [9.17, 15) is 4.79 Å². The molecule has 0 radical (unpaired) electrons. The molecule has 4 heteroatoms. The molecule has 0 saturated carbocycles. The van der Waals surface area contributed by atoms with Gasteiger partial charge in [-0.15, -0.1) is 0 Å². The van der Waals surface area contributed by atoms with Crippen LogP contribution in [0.5, 0.6) is 11.5 Å². The van der Waals surface area contributed by atoms with Gasteiger partial charge in [0.2, 0.25) is 5.60 Å². The predicted octanol–water partition coefficient (Wildman–Crippen LogP) is 4.38. The van der Waals surface area contributed by atoms with Gasteiger partial charge in [-0.1, -0.05) is 37.3 Å². The molecule has 0 saturated heterocycles. The van der Waals surface area contributed by atoms with Crippen LogP contribution in [0.25, 0.3) is 0 Å². The lowest BCUT2D eigenvalue weighted by molar-refractivity contribution is -0.160. The summed E-state index contributed by atoms with van der Waals surface area (Å²) in [6, 6.07) is 17.2. The van der Waals surface area contributed by atoms with Crippen molar-refractivity contribution in [3.05, 3.63) is 60.2 Å². The van der Waals surface area contributed by atoms with E-state index in [1.807, 2.05) is 49.4 Å². The van der Waals surface area contributed by atoms with Gasteiger partial charge in [0.15, 0.2) is 0 Å². The first-order chi connectivity index (χ1) is 11.6. The van der Waals surface area contributed by atoms with Crippen LogP contribution in [0.4, 0.5) is 0 Å². The minimum atomic E-state index is -0.984. The third-order valence-electron chi connectivity index (χ3n) is 3.80. The summed E-state index contributed by atoms with van der Waals surface area (Å²) in [5.41, 5.74) is 0.126. The van der Waals surface area contributed by atoms with Gasteiger partial charge in [0.25, 0.3) is 0 Å². The van der Waals surface area contributed by atoms with E-state index < -0.39 is 5.60 Å². The second-order valence-electron chi connectivity index (χ2n) is 5.65. The summed E-state index contributed by atoms with van der Waals surface area (Å²) in [7, 11) is 0. The Balaban J connectivity index is 1.97. The Morgan fingerprint density at radius 2 is 1.58 bits per heavy atom. The van der Waals surface area contributed by atoms with Crippen LogP contribution < -0.4 is 9.47 Å². The average molecular weight is 328 g/mol. The van der Waals surface area contributed by atoms with Crippen LogP contribution >= 0.6 is 0 Å². The van der Waals surface area contributed by atoms with Crippen molar-refractivity contribution in [1.82, 2.24) is 0 Å². The van der Waals surface area contributed by atoms with E-state index in [1.54, 1.807) is 26.0 Å². The first kappa shape index (κ1) is 17.9. The zero-order valence-electron chi connectivity index (χ0n) is 14.5. The number of carbonyl (C=O) groups is 1. The summed E-state index contributed by atoms with van der Waals surface area (Å²) in [5.74, 6) is 1.01. The lowest BCUT2D eigenvalue weighted by atomic mass is 10.0. The molecule has 0 aromatic heterocycles. The number of carbonyl (C=O) groups excluding carboxylic acids is 1. The predicted molar refractivity (Wildman–Crippen MR) is 93.2 cm³/mol. The van der Waals surface area contributed by atoms with Crippen molar-refractivity contribution in [2.45, 2.75) is 39.4 Å². The van der Waals surface area contributed by atoms with Crippen molar-refractivity contribution in [3.63, 3.8) is 0 Å². The van der Waals surface area contributed by atoms with Crippen LogP contribution in [0.1, 0.15) is 32.8 Å². The molecule has 0 amide bonds. The number of benzene rings is 2. The Bertz CT molecular complexity index is 636. The molecule has 1 atom stereocenters. The molecule has 0 bridgehead atoms. The quantitative estimate of drug-likeness (QED) is 0.675. The zero-order chi connectivity index (χ0) is 17.4. The standard InChI is InChI=1S/C20H24O4/c1-4-20(3,19(21)22-5-2)24-18-13-11-17(12-14-18)23-15-16-9-7-6-8-10-16/h6-14H,4-5,15H2,1-3H3/t20-/m1/s1. The number of esters is 1. The van der Waals surface area contributed by atoms with Crippen LogP contribution in [0, 0.1) is 0 Å². The summed E-state index contributed by atoms with van der Waals surface area (Å²) >= 11 is 0. The van der Waals surface area contributed by atoms with Gasteiger partial charge < -0.3 is 14.2 Å². The van der Waals surface area contributed by atoms with Crippen LogP contribution in [-0.2, 0) is 16.1 Å². The molecule has 0 spiro atoms. The highest BCUT2D eigenvalue weighted by molar-refractivity contribution is 5.79. The van der Waals surface area contributed by atoms with Crippen LogP contribution in [0.15, 0.2) is 54.6 Å². The molecule has 2 rings (SSSR count). The van der Waals surface area contributed by atoms with E-state index in [2.05, 4.69) is 0 Å². The molecular formula is C20H24O4. The second-order valence-corrected chi connectivity index (χ2v) is 5.65. The minimum Gasteiger partial charge on any atom is -0.489 e. The van der Waals surface area contributed by atoms with Crippen molar-refractivity contribution < 1.29 is 19.0 Å². The smallest absolute Gasteiger partial charge is 0.350 e. The molecule has 2 aromatic rings. The number of hydrogen-bond donors (Lipinski definition) is 0. The van der Waals surface area contributed by atoms with Gasteiger partial charge in [0, 0.05) is 0 Å². The molecule has 24 heavy (non-hydrogen) atoms. The van der Waals surface area contributed by atoms with Gasteiger partial charge in [-0.3, -0.25) is 0 Å². The topological polar surface area (TPSA) is 44.8 Å². The molecule has 0 heterocycles. The zero-order valence-corrected chi connectivity index (χ0v) is 14.5. The first-order valence-electron chi connectivity index (χ1n) is 8.20. The Labute approximate surface area is 143 Å². The summed E-state index contributed by atoms with van der Waals surface area (Å²) in [4.78, 5) is 12.1. The Morgan fingerprint density at radius 3 is 2.17 bits per heavy atom. The highest BCUT2D eigenvalue weighted by Gasteiger charge is 2.35. The van der Waals surface area contributed by atoms with Crippen LogP contribution in [0.3, 0.4) is 0 Å². The molecule has 0 aliphatic carbocycles. The van der Waals surface area contributed by atoms with E-state index >= 15 is 0 Å². The Hall–Kier alpha value is -2.49. The Morgan fingerprint density at radius 1 is 0.958 bits per heavy atom. The van der Waals surface area contributed by atoms with Crippen molar-refractivity contribution in [3.8, 4) is 11.5 Å². The normalized spacial score (nSPS) is 13.0. The first-order valence-corrected chi connectivity index (χ1v) is 8.20. The number of rotatable bonds is 8. The van der Waals surface area contributed by atoms with Crippen LogP contribution in [-0.4, -0.2) is 18.2 Å². The summed E-state index contributed by atoms with van der Waals surface area (Å²) in [5, 5.41) is 0. The maximum Gasteiger partial charge on any atom is 0.350 e. The van der Waals surface area contributed by atoms with Gasteiger partial charge in [-0.25, -0.2) is 4.79 Å². The van der Waals surface area contributed by atoms with Crippen molar-refractivity contribution in [2.24, 2.45) is 0 Å². The molecule has 0 aliphatic rings. The summed E-state index contributed by atoms with van der Waals surface area (Å²) < 4.78 is 16.7. The van der Waals surface area contributed by atoms with Gasteiger partial charge in [-0.2, -0.15) is 0 Å². The van der Waals surface area contributed by atoms with Gasteiger partial charge in [0.05, 0.1) is 6.61 Å². The van der Waals surface area contributed by atoms with E-state index in [0.717, 1.165) is 11.3 Å². The van der Waals surface area contributed by atoms with E-state index in [0.29, 0.717) is 25.4 Å². The maximum absolute atomic E-state index is 12.1. The van der Waals surface area contributed by atoms with Crippen LogP contribution in [0.2, 0.25) is 0 Å². The molecular weight excluding hydrogens is 304 g/mol. The molecule has 2 aromatic carbocycles. The average Bonchev–Trinajstić information content (AvgIpc) is 2.62. The van der Waals surface area contributed by atoms with E-state index in [-0.39, 0.29) is 5.97 Å². The Kier molecular flexibility index (Phi) is 6.24. The molecule has 0 N–H and O–H groups in total. The number of ether oxygens (including phenoxy) is 3. The molecule has 0 aliphatic heterocycles. The third-order valence-corrected chi connectivity index (χ3v) is 3.80. The summed E-state index contributed by atoms with van der Waals surface area (Å²) in [6.45, 7) is 6.27. The maximum atomic E-state index is 12.1. The molecule has 128 valence electrons. The molecule has 4 nitrogen and oxygen atoms in total. The van der Waals surface area contributed by atoms with Gasteiger partial charge >= 0.3 is 5.97 Å².